The number of aliphatic carboxylic acids is 1. The van der Waals surface area contributed by atoms with Gasteiger partial charge in [-0.05, 0) is 28.7 Å². The summed E-state index contributed by atoms with van der Waals surface area (Å²) >= 11 is 0. The topological polar surface area (TPSA) is 89.6 Å². The van der Waals surface area contributed by atoms with E-state index in [0.717, 1.165) is 22.3 Å². The lowest BCUT2D eigenvalue weighted by Gasteiger charge is -2.16. The van der Waals surface area contributed by atoms with Crippen molar-refractivity contribution in [2.24, 2.45) is 5.73 Å². The predicted molar refractivity (Wildman–Crippen MR) is 89.5 cm³/mol. The maximum absolute atomic E-state index is 12.0. The number of fused-ring (bicyclic) bond motifs is 3. The second-order valence-corrected chi connectivity index (χ2v) is 5.90. The highest BCUT2D eigenvalue weighted by atomic mass is 16.5. The molecule has 0 amide bonds. The maximum atomic E-state index is 12.0. The number of hydrogen-bond donors (Lipinski definition) is 2. The molecule has 0 aromatic heterocycles. The monoisotopic (exact) mass is 325 g/mol. The van der Waals surface area contributed by atoms with E-state index in [1.807, 2.05) is 36.4 Å². The molecule has 24 heavy (non-hydrogen) atoms. The van der Waals surface area contributed by atoms with Gasteiger partial charge >= 0.3 is 11.9 Å². The number of nitrogens with two attached hydrogens (primary N) is 1. The lowest BCUT2D eigenvalue weighted by Crippen LogP contribution is -2.33. The van der Waals surface area contributed by atoms with E-state index in [-0.39, 0.29) is 25.4 Å². The molecule has 0 heterocycles. The molecule has 5 heteroatoms. The third-order valence-corrected chi connectivity index (χ3v) is 4.33. The molecule has 1 aliphatic carbocycles. The molecule has 2 aromatic rings. The van der Waals surface area contributed by atoms with Gasteiger partial charge in [-0.15, -0.1) is 0 Å². The summed E-state index contributed by atoms with van der Waals surface area (Å²) < 4.78 is 5.38. The number of ether oxygens (including phenoxy) is 1. The van der Waals surface area contributed by atoms with Crippen LogP contribution in [0, 0.1) is 0 Å². The van der Waals surface area contributed by atoms with Crippen molar-refractivity contribution in [3.05, 3.63) is 59.7 Å². The van der Waals surface area contributed by atoms with E-state index in [0.29, 0.717) is 0 Å². The van der Waals surface area contributed by atoms with Crippen LogP contribution in [0.3, 0.4) is 0 Å². The van der Waals surface area contributed by atoms with Crippen molar-refractivity contribution in [3.63, 3.8) is 0 Å². The maximum Gasteiger partial charge on any atom is 0.322 e. The van der Waals surface area contributed by atoms with Crippen molar-refractivity contribution in [2.45, 2.75) is 24.8 Å². The summed E-state index contributed by atoms with van der Waals surface area (Å²) in [6, 6.07) is 15.2. The Morgan fingerprint density at radius 3 is 2.12 bits per heavy atom. The molecule has 0 bridgehead atoms. The Kier molecular flexibility index (Phi) is 4.62. The van der Waals surface area contributed by atoms with E-state index in [1.54, 1.807) is 0 Å². The first-order valence-electron chi connectivity index (χ1n) is 7.90. The predicted octanol–water partition coefficient (Wildman–Crippen LogP) is 2.53. The molecule has 1 atom stereocenters. The van der Waals surface area contributed by atoms with Gasteiger partial charge in [0.15, 0.2) is 0 Å². The first-order valence-corrected chi connectivity index (χ1v) is 7.90. The van der Waals surface area contributed by atoms with Crippen LogP contribution >= 0.6 is 0 Å². The number of esters is 1. The fourth-order valence-corrected chi connectivity index (χ4v) is 3.11. The van der Waals surface area contributed by atoms with Crippen LogP contribution in [-0.2, 0) is 14.3 Å². The molecule has 5 nitrogen and oxygen atoms in total. The van der Waals surface area contributed by atoms with Crippen LogP contribution in [0.25, 0.3) is 11.1 Å². The molecule has 0 saturated carbocycles. The zero-order chi connectivity index (χ0) is 17.1. The van der Waals surface area contributed by atoms with Crippen molar-refractivity contribution in [3.8, 4) is 11.1 Å². The van der Waals surface area contributed by atoms with Gasteiger partial charge in [0, 0.05) is 12.3 Å². The van der Waals surface area contributed by atoms with Crippen LogP contribution in [0.2, 0.25) is 0 Å². The smallest absolute Gasteiger partial charge is 0.322 e. The Balaban J connectivity index is 1.72. The van der Waals surface area contributed by atoms with Crippen molar-refractivity contribution in [1.29, 1.82) is 0 Å². The zero-order valence-electron chi connectivity index (χ0n) is 13.1. The normalized spacial score (nSPS) is 13.9. The van der Waals surface area contributed by atoms with Gasteiger partial charge < -0.3 is 15.6 Å². The Morgan fingerprint density at radius 2 is 1.58 bits per heavy atom. The third kappa shape index (κ3) is 3.16. The summed E-state index contributed by atoms with van der Waals surface area (Å²) in [5, 5.41) is 8.66. The molecule has 0 spiro atoms. The van der Waals surface area contributed by atoms with Crippen molar-refractivity contribution in [1.82, 2.24) is 0 Å². The Labute approximate surface area is 140 Å². The van der Waals surface area contributed by atoms with Gasteiger partial charge in [0.25, 0.3) is 0 Å². The highest BCUT2D eigenvalue weighted by Crippen LogP contribution is 2.44. The lowest BCUT2D eigenvalue weighted by atomic mass is 9.98. The SMILES string of the molecule is N[C@@H](CCC(=O)O)C(=O)OCC1c2ccccc2-c2ccccc21. The summed E-state index contributed by atoms with van der Waals surface area (Å²) in [6.07, 6.45) is -0.0721. The second-order valence-electron chi connectivity index (χ2n) is 5.90. The standard InChI is InChI=1S/C19H19NO4/c20-17(9-10-18(21)22)19(23)24-11-16-14-7-3-1-5-12(14)13-6-2-4-8-15(13)16/h1-8,16-17H,9-11,20H2,(H,21,22)/t17-/m0/s1. The Bertz CT molecular complexity index is 726. The minimum atomic E-state index is -0.975. The van der Waals surface area contributed by atoms with E-state index in [1.165, 1.54) is 0 Å². The van der Waals surface area contributed by atoms with Crippen LogP contribution in [0.15, 0.2) is 48.5 Å². The van der Waals surface area contributed by atoms with E-state index in [9.17, 15) is 9.59 Å². The molecule has 0 aliphatic heterocycles. The molecule has 0 unspecified atom stereocenters. The van der Waals surface area contributed by atoms with Crippen LogP contribution in [0.4, 0.5) is 0 Å². The quantitative estimate of drug-likeness (QED) is 0.797. The summed E-state index contributed by atoms with van der Waals surface area (Å²) in [6.45, 7) is 0.202. The fraction of sp³-hybridized carbons (Fsp3) is 0.263. The van der Waals surface area contributed by atoms with E-state index in [2.05, 4.69) is 12.1 Å². The summed E-state index contributed by atoms with van der Waals surface area (Å²) in [4.78, 5) is 22.6. The number of benzene rings is 2. The van der Waals surface area contributed by atoms with Crippen LogP contribution < -0.4 is 5.73 Å². The molecule has 2 aromatic carbocycles. The fourth-order valence-electron chi connectivity index (χ4n) is 3.11. The minimum absolute atomic E-state index is 0.0203. The first kappa shape index (κ1) is 16.2. The van der Waals surface area contributed by atoms with Crippen LogP contribution in [0.1, 0.15) is 29.9 Å². The van der Waals surface area contributed by atoms with Gasteiger partial charge in [0.1, 0.15) is 12.6 Å². The molecule has 1 aliphatic rings. The summed E-state index contributed by atoms with van der Waals surface area (Å²) in [7, 11) is 0. The molecular weight excluding hydrogens is 306 g/mol. The molecular formula is C19H19NO4. The molecule has 3 N–H and O–H groups in total. The van der Waals surface area contributed by atoms with Gasteiger partial charge in [0.05, 0.1) is 0 Å². The number of carbonyl (C=O) groups excluding carboxylic acids is 1. The lowest BCUT2D eigenvalue weighted by molar-refractivity contribution is -0.146. The molecule has 124 valence electrons. The number of carboxylic acid groups (broad SMARTS) is 1. The highest BCUT2D eigenvalue weighted by molar-refractivity contribution is 5.80. The third-order valence-electron chi connectivity index (χ3n) is 4.33. The van der Waals surface area contributed by atoms with E-state index < -0.39 is 18.0 Å². The number of rotatable bonds is 6. The summed E-state index contributed by atoms with van der Waals surface area (Å²) in [5.74, 6) is -1.55. The van der Waals surface area contributed by atoms with Gasteiger partial charge in [-0.2, -0.15) is 0 Å². The number of carboxylic acids is 1. The van der Waals surface area contributed by atoms with Gasteiger partial charge in [0.2, 0.25) is 0 Å². The van der Waals surface area contributed by atoms with Crippen molar-refractivity contribution in [2.75, 3.05) is 6.61 Å². The average Bonchev–Trinajstić information content (AvgIpc) is 2.91. The van der Waals surface area contributed by atoms with E-state index in [4.69, 9.17) is 15.6 Å². The van der Waals surface area contributed by atoms with Gasteiger partial charge in [-0.3, -0.25) is 9.59 Å². The number of hydrogen-bond acceptors (Lipinski definition) is 4. The molecule has 3 rings (SSSR count). The molecule has 0 radical (unpaired) electrons. The first-order chi connectivity index (χ1) is 11.6. The average molecular weight is 325 g/mol. The van der Waals surface area contributed by atoms with Gasteiger partial charge in [-0.1, -0.05) is 48.5 Å². The van der Waals surface area contributed by atoms with E-state index >= 15 is 0 Å². The minimum Gasteiger partial charge on any atom is -0.481 e. The summed E-state index contributed by atoms with van der Waals surface area (Å²) in [5.41, 5.74) is 10.3. The number of carbonyl (C=O) groups is 2. The highest BCUT2D eigenvalue weighted by Gasteiger charge is 2.29. The van der Waals surface area contributed by atoms with Gasteiger partial charge in [-0.25, -0.2) is 0 Å². The Morgan fingerprint density at radius 1 is 1.04 bits per heavy atom. The van der Waals surface area contributed by atoms with Crippen LogP contribution in [-0.4, -0.2) is 29.7 Å². The molecule has 0 saturated heterocycles. The Hall–Kier alpha value is -2.66. The van der Waals surface area contributed by atoms with Crippen molar-refractivity contribution >= 4 is 11.9 Å². The molecule has 0 fully saturated rings. The largest absolute Gasteiger partial charge is 0.481 e. The van der Waals surface area contributed by atoms with Crippen molar-refractivity contribution < 1.29 is 19.4 Å². The second kappa shape index (κ2) is 6.84. The van der Waals surface area contributed by atoms with Crippen LogP contribution in [0.5, 0.6) is 0 Å². The zero-order valence-corrected chi connectivity index (χ0v) is 13.1.